The average Bonchev–Trinajstić information content (AvgIpc) is 3.39. The van der Waals surface area contributed by atoms with Crippen molar-refractivity contribution in [1.29, 1.82) is 0 Å². The van der Waals surface area contributed by atoms with Crippen LogP contribution in [0.25, 0.3) is 0 Å². The minimum Gasteiger partial charge on any atom is -0.497 e. The van der Waals surface area contributed by atoms with E-state index in [0.717, 1.165) is 51.3 Å². The summed E-state index contributed by atoms with van der Waals surface area (Å²) in [4.78, 5) is 16.9. The molecular weight excluding hydrogens is 290 g/mol. The summed E-state index contributed by atoms with van der Waals surface area (Å²) in [5.41, 5.74) is 1.28. The van der Waals surface area contributed by atoms with Crippen molar-refractivity contribution in [3.63, 3.8) is 0 Å². The molecule has 1 aliphatic carbocycles. The molecular formula is C18H27N3O2. The van der Waals surface area contributed by atoms with Gasteiger partial charge in [-0.15, -0.1) is 0 Å². The lowest BCUT2D eigenvalue weighted by atomic mass is 10.1. The number of nitrogens with zero attached hydrogens (tertiary/aromatic N) is 2. The Hall–Kier alpha value is -1.59. The third-order valence-corrected chi connectivity index (χ3v) is 4.80. The maximum absolute atomic E-state index is 12.2. The minimum absolute atomic E-state index is 0.0189. The van der Waals surface area contributed by atoms with Crippen molar-refractivity contribution in [2.75, 3.05) is 33.3 Å². The molecule has 3 rings (SSSR count). The van der Waals surface area contributed by atoms with Crippen LogP contribution in [0.1, 0.15) is 25.3 Å². The Bertz CT molecular complexity index is 537. The number of piperazine rings is 1. The number of rotatable bonds is 6. The first-order valence-electron chi connectivity index (χ1n) is 8.55. The lowest BCUT2D eigenvalue weighted by Gasteiger charge is -2.37. The molecule has 1 aromatic rings. The van der Waals surface area contributed by atoms with Crippen LogP contribution in [0.4, 0.5) is 0 Å². The Morgan fingerprint density at radius 2 is 2.04 bits per heavy atom. The third kappa shape index (κ3) is 4.45. The van der Waals surface area contributed by atoms with Gasteiger partial charge in [0.2, 0.25) is 5.91 Å². The van der Waals surface area contributed by atoms with Crippen molar-refractivity contribution in [2.45, 2.75) is 38.4 Å². The Morgan fingerprint density at radius 3 is 2.70 bits per heavy atom. The summed E-state index contributed by atoms with van der Waals surface area (Å²) in [6.07, 6.45) is 2.29. The molecule has 2 fully saturated rings. The van der Waals surface area contributed by atoms with Gasteiger partial charge in [-0.3, -0.25) is 14.6 Å². The quantitative estimate of drug-likeness (QED) is 0.863. The topological polar surface area (TPSA) is 44.8 Å². The molecule has 1 heterocycles. The predicted octanol–water partition coefficient (Wildman–Crippen LogP) is 1.48. The van der Waals surface area contributed by atoms with Crippen molar-refractivity contribution < 1.29 is 9.53 Å². The third-order valence-electron chi connectivity index (χ3n) is 4.80. The summed E-state index contributed by atoms with van der Waals surface area (Å²) in [6.45, 7) is 6.85. The van der Waals surface area contributed by atoms with Crippen molar-refractivity contribution in [1.82, 2.24) is 15.1 Å². The largest absolute Gasteiger partial charge is 0.497 e. The van der Waals surface area contributed by atoms with Crippen LogP contribution >= 0.6 is 0 Å². The molecule has 1 atom stereocenters. The highest BCUT2D eigenvalue weighted by atomic mass is 16.5. The van der Waals surface area contributed by atoms with Gasteiger partial charge >= 0.3 is 0 Å². The van der Waals surface area contributed by atoms with Gasteiger partial charge in [-0.2, -0.15) is 0 Å². The van der Waals surface area contributed by atoms with E-state index in [9.17, 15) is 4.79 Å². The number of benzene rings is 1. The van der Waals surface area contributed by atoms with E-state index in [1.807, 2.05) is 19.1 Å². The van der Waals surface area contributed by atoms with E-state index in [1.54, 1.807) is 7.11 Å². The molecule has 0 bridgehead atoms. The molecule has 2 aliphatic rings. The summed E-state index contributed by atoms with van der Waals surface area (Å²) in [5, 5.41) is 3.11. The van der Waals surface area contributed by atoms with E-state index in [-0.39, 0.29) is 11.9 Å². The smallest absolute Gasteiger partial charge is 0.237 e. The van der Waals surface area contributed by atoms with Gasteiger partial charge in [0.1, 0.15) is 5.75 Å². The van der Waals surface area contributed by atoms with Gasteiger partial charge in [-0.1, -0.05) is 12.1 Å². The van der Waals surface area contributed by atoms with Crippen molar-refractivity contribution in [2.24, 2.45) is 0 Å². The molecule has 0 spiro atoms. The lowest BCUT2D eigenvalue weighted by Crippen LogP contribution is -2.53. The molecule has 0 aromatic heterocycles. The number of hydrogen-bond donors (Lipinski definition) is 1. The van der Waals surface area contributed by atoms with Crippen LogP contribution in [0.15, 0.2) is 24.3 Å². The van der Waals surface area contributed by atoms with Gasteiger partial charge in [0.15, 0.2) is 0 Å². The van der Waals surface area contributed by atoms with Crippen LogP contribution in [0.5, 0.6) is 5.75 Å². The highest BCUT2D eigenvalue weighted by Gasteiger charge is 2.29. The number of methoxy groups -OCH3 is 1. The Balaban J connectivity index is 1.46. The number of carbonyl (C=O) groups is 1. The van der Waals surface area contributed by atoms with E-state index in [0.29, 0.717) is 6.04 Å². The molecule has 126 valence electrons. The Morgan fingerprint density at radius 1 is 1.30 bits per heavy atom. The summed E-state index contributed by atoms with van der Waals surface area (Å²) < 4.78 is 5.28. The fourth-order valence-corrected chi connectivity index (χ4v) is 3.05. The summed E-state index contributed by atoms with van der Waals surface area (Å²) in [6, 6.07) is 8.67. The highest BCUT2D eigenvalue weighted by molar-refractivity contribution is 5.81. The van der Waals surface area contributed by atoms with Gasteiger partial charge in [-0.05, 0) is 37.5 Å². The van der Waals surface area contributed by atoms with E-state index >= 15 is 0 Å². The van der Waals surface area contributed by atoms with Crippen molar-refractivity contribution >= 4 is 5.91 Å². The van der Waals surface area contributed by atoms with E-state index < -0.39 is 0 Å². The number of nitrogens with one attached hydrogen (secondary N) is 1. The van der Waals surface area contributed by atoms with Gasteiger partial charge < -0.3 is 10.1 Å². The number of hydrogen-bond acceptors (Lipinski definition) is 4. The van der Waals surface area contributed by atoms with Crippen LogP contribution in [0, 0.1) is 0 Å². The monoisotopic (exact) mass is 317 g/mol. The number of amides is 1. The Labute approximate surface area is 138 Å². The highest BCUT2D eigenvalue weighted by Crippen LogP contribution is 2.20. The first kappa shape index (κ1) is 16.3. The fourth-order valence-electron chi connectivity index (χ4n) is 3.05. The molecule has 5 heteroatoms. The minimum atomic E-state index is -0.0189. The molecule has 1 saturated carbocycles. The molecule has 1 aliphatic heterocycles. The van der Waals surface area contributed by atoms with Gasteiger partial charge in [0.25, 0.3) is 0 Å². The zero-order chi connectivity index (χ0) is 16.2. The maximum Gasteiger partial charge on any atom is 0.237 e. The van der Waals surface area contributed by atoms with Crippen LogP contribution in [-0.4, -0.2) is 61.1 Å². The molecule has 0 radical (unpaired) electrons. The van der Waals surface area contributed by atoms with Crippen molar-refractivity contribution in [3.8, 4) is 5.75 Å². The second-order valence-corrected chi connectivity index (χ2v) is 6.62. The molecule has 1 saturated heterocycles. The summed E-state index contributed by atoms with van der Waals surface area (Å²) in [7, 11) is 1.70. The van der Waals surface area contributed by atoms with Crippen LogP contribution in [0.2, 0.25) is 0 Å². The van der Waals surface area contributed by atoms with E-state index in [2.05, 4.69) is 27.2 Å². The normalized spacial score (nSPS) is 21.0. The summed E-state index contributed by atoms with van der Waals surface area (Å²) >= 11 is 0. The van der Waals surface area contributed by atoms with Gasteiger partial charge in [0, 0.05) is 38.8 Å². The SMILES string of the molecule is COc1cccc(CN2CCN([C@H](C)C(=O)NC3CC3)CC2)c1. The average molecular weight is 317 g/mol. The fraction of sp³-hybridized carbons (Fsp3) is 0.611. The molecule has 23 heavy (non-hydrogen) atoms. The Kier molecular flexibility index (Phi) is 5.18. The first-order valence-corrected chi connectivity index (χ1v) is 8.55. The first-order chi connectivity index (χ1) is 11.2. The molecule has 1 aromatic carbocycles. The van der Waals surface area contributed by atoms with Crippen LogP contribution < -0.4 is 10.1 Å². The molecule has 1 N–H and O–H groups in total. The van der Waals surface area contributed by atoms with Gasteiger partial charge in [0.05, 0.1) is 13.2 Å². The van der Waals surface area contributed by atoms with Crippen LogP contribution in [-0.2, 0) is 11.3 Å². The maximum atomic E-state index is 12.2. The second kappa shape index (κ2) is 7.32. The van der Waals surface area contributed by atoms with Crippen LogP contribution in [0.3, 0.4) is 0 Å². The molecule has 1 amide bonds. The lowest BCUT2D eigenvalue weighted by molar-refractivity contribution is -0.126. The van der Waals surface area contributed by atoms with E-state index in [1.165, 1.54) is 5.56 Å². The second-order valence-electron chi connectivity index (χ2n) is 6.62. The summed E-state index contributed by atoms with van der Waals surface area (Å²) in [5.74, 6) is 1.10. The van der Waals surface area contributed by atoms with E-state index in [4.69, 9.17) is 4.74 Å². The zero-order valence-corrected chi connectivity index (χ0v) is 14.1. The van der Waals surface area contributed by atoms with Gasteiger partial charge in [-0.25, -0.2) is 0 Å². The predicted molar refractivity (Wildman–Crippen MR) is 90.5 cm³/mol. The molecule has 0 unspecified atom stereocenters. The zero-order valence-electron chi connectivity index (χ0n) is 14.1. The number of ether oxygens (including phenoxy) is 1. The standard InChI is InChI=1S/C18H27N3O2/c1-14(18(22)19-16-6-7-16)21-10-8-20(9-11-21)13-15-4-3-5-17(12-15)23-2/h3-5,12,14,16H,6-11,13H2,1-2H3,(H,19,22)/t14-/m1/s1. The molecule has 5 nitrogen and oxygen atoms in total. The number of carbonyl (C=O) groups excluding carboxylic acids is 1. The van der Waals surface area contributed by atoms with Crippen molar-refractivity contribution in [3.05, 3.63) is 29.8 Å².